The molecule has 0 aliphatic heterocycles. The molecule has 5 heteroatoms. The molecule has 84 valence electrons. The normalized spacial score (nSPS) is 13.0. The molecule has 0 fully saturated rings. The molecule has 0 bridgehead atoms. The summed E-state index contributed by atoms with van der Waals surface area (Å²) in [7, 11) is 3.98. The van der Waals surface area contributed by atoms with E-state index in [1.54, 1.807) is 11.3 Å². The Hall–Kier alpha value is -0.910. The zero-order valence-electron chi connectivity index (χ0n) is 9.06. The average Bonchev–Trinajstić information content (AvgIpc) is 2.63. The van der Waals surface area contributed by atoms with Crippen molar-refractivity contribution in [3.8, 4) is 0 Å². The van der Waals surface area contributed by atoms with E-state index in [2.05, 4.69) is 10.2 Å². The van der Waals surface area contributed by atoms with Gasteiger partial charge in [-0.25, -0.2) is 0 Å². The van der Waals surface area contributed by atoms with Crippen molar-refractivity contribution in [1.82, 2.24) is 10.2 Å². The minimum atomic E-state index is -0.357. The van der Waals surface area contributed by atoms with Crippen LogP contribution in [0.3, 0.4) is 0 Å². The van der Waals surface area contributed by atoms with Gasteiger partial charge in [0.25, 0.3) is 0 Å². The number of thiophene rings is 1. The minimum absolute atomic E-state index is 0.323. The van der Waals surface area contributed by atoms with E-state index in [1.807, 2.05) is 31.6 Å². The highest BCUT2D eigenvalue weighted by molar-refractivity contribution is 7.10. The first-order chi connectivity index (χ1) is 7.11. The maximum absolute atomic E-state index is 11.2. The van der Waals surface area contributed by atoms with Crippen LogP contribution in [0.2, 0.25) is 0 Å². The van der Waals surface area contributed by atoms with Gasteiger partial charge in [-0.05, 0) is 25.5 Å². The monoisotopic (exact) mass is 227 g/mol. The number of carbonyl (C=O) groups is 1. The first-order valence-electron chi connectivity index (χ1n) is 4.82. The fourth-order valence-corrected chi connectivity index (χ4v) is 2.04. The lowest BCUT2D eigenvalue weighted by Crippen LogP contribution is -2.36. The van der Waals surface area contributed by atoms with E-state index in [0.29, 0.717) is 0 Å². The molecule has 1 aromatic rings. The van der Waals surface area contributed by atoms with Gasteiger partial charge in [-0.3, -0.25) is 4.79 Å². The molecule has 3 N–H and O–H groups in total. The number of nitrogens with one attached hydrogen (secondary N) is 1. The molecule has 0 aliphatic carbocycles. The molecule has 0 spiro atoms. The molecule has 4 nitrogen and oxygen atoms in total. The number of carbonyl (C=O) groups excluding carboxylic acids is 1. The predicted molar refractivity (Wildman–Crippen MR) is 62.8 cm³/mol. The van der Waals surface area contributed by atoms with Crippen LogP contribution in [0, 0.1) is 0 Å². The van der Waals surface area contributed by atoms with Crippen molar-refractivity contribution in [3.05, 3.63) is 22.4 Å². The summed E-state index contributed by atoms with van der Waals surface area (Å²) in [5.41, 5.74) is 5.34. The molecule has 0 aliphatic rings. The number of likely N-dealkylation sites (N-methyl/N-ethyl adjacent to an activating group) is 1. The van der Waals surface area contributed by atoms with Crippen LogP contribution < -0.4 is 11.1 Å². The second-order valence-corrected chi connectivity index (χ2v) is 4.59. The lowest BCUT2D eigenvalue weighted by Gasteiger charge is -2.16. The summed E-state index contributed by atoms with van der Waals surface area (Å²) in [5.74, 6) is -0.323. The van der Waals surface area contributed by atoms with Crippen LogP contribution in [0.15, 0.2) is 17.5 Å². The number of primary amides is 1. The molecule has 1 unspecified atom stereocenters. The summed E-state index contributed by atoms with van der Waals surface area (Å²) < 4.78 is 0. The summed E-state index contributed by atoms with van der Waals surface area (Å²) in [4.78, 5) is 14.3. The first kappa shape index (κ1) is 12.2. The van der Waals surface area contributed by atoms with E-state index in [9.17, 15) is 4.79 Å². The van der Waals surface area contributed by atoms with Crippen molar-refractivity contribution in [1.29, 1.82) is 0 Å². The number of amides is 1. The molecule has 15 heavy (non-hydrogen) atoms. The van der Waals surface area contributed by atoms with E-state index in [-0.39, 0.29) is 11.9 Å². The van der Waals surface area contributed by atoms with Crippen molar-refractivity contribution in [2.24, 2.45) is 5.73 Å². The maximum Gasteiger partial charge on any atom is 0.239 e. The van der Waals surface area contributed by atoms with Gasteiger partial charge in [-0.2, -0.15) is 0 Å². The summed E-state index contributed by atoms with van der Waals surface area (Å²) in [6, 6.07) is 3.48. The molecular weight excluding hydrogens is 210 g/mol. The van der Waals surface area contributed by atoms with Crippen molar-refractivity contribution >= 4 is 17.2 Å². The van der Waals surface area contributed by atoms with Crippen LogP contribution in [-0.2, 0) is 4.79 Å². The van der Waals surface area contributed by atoms with Crippen molar-refractivity contribution in [2.75, 3.05) is 27.2 Å². The largest absolute Gasteiger partial charge is 0.368 e. The van der Waals surface area contributed by atoms with Crippen LogP contribution in [0.4, 0.5) is 0 Å². The zero-order chi connectivity index (χ0) is 11.3. The van der Waals surface area contributed by atoms with E-state index >= 15 is 0 Å². The minimum Gasteiger partial charge on any atom is -0.368 e. The lowest BCUT2D eigenvalue weighted by atomic mass is 10.2. The Balaban J connectivity index is 2.49. The van der Waals surface area contributed by atoms with Crippen LogP contribution in [0.5, 0.6) is 0 Å². The second kappa shape index (κ2) is 5.85. The molecule has 1 rings (SSSR count). The fourth-order valence-electron chi connectivity index (χ4n) is 1.23. The summed E-state index contributed by atoms with van der Waals surface area (Å²) >= 11 is 1.54. The summed E-state index contributed by atoms with van der Waals surface area (Å²) in [5, 5.41) is 5.09. The van der Waals surface area contributed by atoms with E-state index < -0.39 is 0 Å². The highest BCUT2D eigenvalue weighted by atomic mass is 32.1. The molecule has 0 saturated heterocycles. The third kappa shape index (κ3) is 3.99. The Morgan fingerprint density at radius 2 is 2.40 bits per heavy atom. The number of nitrogens with zero attached hydrogens (tertiary/aromatic N) is 1. The standard InChI is InChI=1S/C10H17N3OS/c1-13(2)6-5-12-9(10(11)14)8-4-3-7-15-8/h3-4,7,9,12H,5-6H2,1-2H3,(H2,11,14). The SMILES string of the molecule is CN(C)CCNC(C(N)=O)c1cccs1. The van der Waals surface area contributed by atoms with Gasteiger partial charge < -0.3 is 16.0 Å². The van der Waals surface area contributed by atoms with Crippen molar-refractivity contribution < 1.29 is 4.79 Å². The Bertz CT molecular complexity index is 298. The number of rotatable bonds is 6. The van der Waals surface area contributed by atoms with Gasteiger partial charge in [-0.15, -0.1) is 11.3 Å². The van der Waals surface area contributed by atoms with Gasteiger partial charge >= 0.3 is 0 Å². The van der Waals surface area contributed by atoms with Gasteiger partial charge in [-0.1, -0.05) is 6.07 Å². The highest BCUT2D eigenvalue weighted by Crippen LogP contribution is 2.18. The Morgan fingerprint density at radius 3 is 2.87 bits per heavy atom. The van der Waals surface area contributed by atoms with Crippen LogP contribution in [0.25, 0.3) is 0 Å². The zero-order valence-corrected chi connectivity index (χ0v) is 9.88. The van der Waals surface area contributed by atoms with E-state index in [1.165, 1.54) is 0 Å². The summed E-state index contributed by atoms with van der Waals surface area (Å²) in [6.07, 6.45) is 0. The molecule has 0 aromatic carbocycles. The van der Waals surface area contributed by atoms with E-state index in [4.69, 9.17) is 5.73 Å². The van der Waals surface area contributed by atoms with Gasteiger partial charge in [0.2, 0.25) is 5.91 Å². The van der Waals surface area contributed by atoms with E-state index in [0.717, 1.165) is 18.0 Å². The first-order valence-corrected chi connectivity index (χ1v) is 5.70. The van der Waals surface area contributed by atoms with Crippen molar-refractivity contribution in [2.45, 2.75) is 6.04 Å². The molecule has 1 atom stereocenters. The van der Waals surface area contributed by atoms with Gasteiger partial charge in [0.05, 0.1) is 0 Å². The molecular formula is C10H17N3OS. The van der Waals surface area contributed by atoms with Gasteiger partial charge in [0, 0.05) is 18.0 Å². The maximum atomic E-state index is 11.2. The van der Waals surface area contributed by atoms with Gasteiger partial charge in [0.15, 0.2) is 0 Å². The number of nitrogens with two attached hydrogens (primary N) is 1. The van der Waals surface area contributed by atoms with Crippen LogP contribution >= 0.6 is 11.3 Å². The summed E-state index contributed by atoms with van der Waals surface area (Å²) in [6.45, 7) is 1.63. The molecule has 1 heterocycles. The predicted octanol–water partition coefficient (Wildman–Crippen LogP) is 0.426. The Labute approximate surface area is 94.1 Å². The Kier molecular flexibility index (Phi) is 4.74. The lowest BCUT2D eigenvalue weighted by molar-refractivity contribution is -0.120. The molecule has 1 aromatic heterocycles. The molecule has 0 radical (unpaired) electrons. The highest BCUT2D eigenvalue weighted by Gasteiger charge is 2.17. The second-order valence-electron chi connectivity index (χ2n) is 3.61. The third-order valence-corrected chi connectivity index (χ3v) is 2.96. The molecule has 1 amide bonds. The topological polar surface area (TPSA) is 58.4 Å². The molecule has 0 saturated carbocycles. The quantitative estimate of drug-likeness (QED) is 0.741. The smallest absolute Gasteiger partial charge is 0.239 e. The average molecular weight is 227 g/mol. The Morgan fingerprint density at radius 1 is 1.67 bits per heavy atom. The number of hydrogen-bond acceptors (Lipinski definition) is 4. The van der Waals surface area contributed by atoms with Crippen LogP contribution in [0.1, 0.15) is 10.9 Å². The van der Waals surface area contributed by atoms with Crippen LogP contribution in [-0.4, -0.2) is 38.0 Å². The third-order valence-electron chi connectivity index (χ3n) is 2.02. The number of hydrogen-bond donors (Lipinski definition) is 2. The van der Waals surface area contributed by atoms with Crippen molar-refractivity contribution in [3.63, 3.8) is 0 Å². The van der Waals surface area contributed by atoms with Gasteiger partial charge in [0.1, 0.15) is 6.04 Å². The fraction of sp³-hybridized carbons (Fsp3) is 0.500.